The van der Waals surface area contributed by atoms with Crippen molar-refractivity contribution in [1.29, 1.82) is 0 Å². The molecule has 1 aromatic rings. The summed E-state index contributed by atoms with van der Waals surface area (Å²) in [6.07, 6.45) is 6.01. The second kappa shape index (κ2) is 5.50. The van der Waals surface area contributed by atoms with Crippen molar-refractivity contribution in [3.63, 3.8) is 0 Å². The summed E-state index contributed by atoms with van der Waals surface area (Å²) in [7, 11) is 2.07. The normalized spacial score (nSPS) is 26.7. The Morgan fingerprint density at radius 3 is 2.95 bits per heavy atom. The fourth-order valence-corrected chi connectivity index (χ4v) is 4.14. The van der Waals surface area contributed by atoms with Crippen LogP contribution in [0.15, 0.2) is 12.1 Å². The maximum absolute atomic E-state index is 14.3. The number of rotatable bonds is 3. The van der Waals surface area contributed by atoms with Crippen LogP contribution in [0.5, 0.6) is 5.75 Å². The van der Waals surface area contributed by atoms with Crippen LogP contribution in [0.3, 0.4) is 0 Å². The monoisotopic (exact) mass is 305 g/mol. The zero-order valence-electron chi connectivity index (χ0n) is 13.2. The van der Waals surface area contributed by atoms with Gasteiger partial charge in [0, 0.05) is 25.1 Å². The molecule has 1 unspecified atom stereocenters. The van der Waals surface area contributed by atoms with E-state index >= 15 is 0 Å². The van der Waals surface area contributed by atoms with Crippen LogP contribution < -0.4 is 4.74 Å². The predicted molar refractivity (Wildman–Crippen MR) is 82.6 cm³/mol. The number of halogens is 1. The summed E-state index contributed by atoms with van der Waals surface area (Å²) in [5, 5.41) is 0. The van der Waals surface area contributed by atoms with E-state index in [1.807, 2.05) is 6.07 Å². The van der Waals surface area contributed by atoms with Gasteiger partial charge in [-0.05, 0) is 56.0 Å². The van der Waals surface area contributed by atoms with Crippen LogP contribution >= 0.6 is 0 Å². The highest BCUT2D eigenvalue weighted by atomic mass is 19.1. The maximum Gasteiger partial charge on any atom is 0.165 e. The van der Waals surface area contributed by atoms with Gasteiger partial charge in [0.2, 0.25) is 0 Å². The van der Waals surface area contributed by atoms with E-state index < -0.39 is 0 Å². The first-order valence-electron chi connectivity index (χ1n) is 8.41. The van der Waals surface area contributed by atoms with Crippen LogP contribution in [0.25, 0.3) is 0 Å². The smallest absolute Gasteiger partial charge is 0.165 e. The molecule has 1 saturated heterocycles. The molecular formula is C18H24FNO2. The molecule has 2 fully saturated rings. The van der Waals surface area contributed by atoms with Gasteiger partial charge < -0.3 is 14.4 Å². The Kier molecular flexibility index (Phi) is 3.61. The summed E-state index contributed by atoms with van der Waals surface area (Å²) in [5.41, 5.74) is 2.64. The lowest BCUT2D eigenvalue weighted by molar-refractivity contribution is -0.0249. The predicted octanol–water partition coefficient (Wildman–Crippen LogP) is 3.15. The van der Waals surface area contributed by atoms with E-state index in [1.165, 1.54) is 24.8 Å². The maximum atomic E-state index is 14.3. The molecule has 2 heterocycles. The van der Waals surface area contributed by atoms with Gasteiger partial charge in [0.1, 0.15) is 6.61 Å². The van der Waals surface area contributed by atoms with Crippen LogP contribution in [0.2, 0.25) is 0 Å². The number of hydrogen-bond donors (Lipinski definition) is 0. The molecule has 0 amide bonds. The van der Waals surface area contributed by atoms with Crippen molar-refractivity contribution in [2.24, 2.45) is 5.41 Å². The zero-order valence-corrected chi connectivity index (χ0v) is 13.2. The first-order valence-corrected chi connectivity index (χ1v) is 8.41. The van der Waals surface area contributed by atoms with Gasteiger partial charge in [-0.25, -0.2) is 4.39 Å². The second-order valence-corrected chi connectivity index (χ2v) is 7.18. The third-order valence-corrected chi connectivity index (χ3v) is 5.80. The van der Waals surface area contributed by atoms with Crippen LogP contribution in [0, 0.1) is 11.2 Å². The summed E-state index contributed by atoms with van der Waals surface area (Å²) in [5.74, 6) is 0.156. The Morgan fingerprint density at radius 1 is 1.32 bits per heavy atom. The molecule has 120 valence electrons. The Bertz CT molecular complexity index is 570. The van der Waals surface area contributed by atoms with E-state index in [0.717, 1.165) is 38.1 Å². The Labute approximate surface area is 131 Å². The van der Waals surface area contributed by atoms with Gasteiger partial charge in [-0.15, -0.1) is 0 Å². The van der Waals surface area contributed by atoms with Crippen molar-refractivity contribution in [2.45, 2.75) is 44.8 Å². The van der Waals surface area contributed by atoms with E-state index in [2.05, 4.69) is 11.9 Å². The van der Waals surface area contributed by atoms with Crippen LogP contribution in [-0.4, -0.2) is 37.8 Å². The van der Waals surface area contributed by atoms with Crippen molar-refractivity contribution < 1.29 is 13.9 Å². The molecule has 1 spiro atoms. The van der Waals surface area contributed by atoms with Crippen molar-refractivity contribution in [3.05, 3.63) is 29.1 Å². The van der Waals surface area contributed by atoms with Gasteiger partial charge in [-0.2, -0.15) is 0 Å². The molecule has 0 N–H and O–H groups in total. The Balaban J connectivity index is 1.47. The average molecular weight is 305 g/mol. The second-order valence-electron chi connectivity index (χ2n) is 7.18. The molecule has 0 aromatic heterocycles. The van der Waals surface area contributed by atoms with Crippen LogP contribution in [-0.2, 0) is 17.7 Å². The van der Waals surface area contributed by atoms with E-state index in [9.17, 15) is 4.39 Å². The Hall–Kier alpha value is -1.13. The van der Waals surface area contributed by atoms with Crippen LogP contribution in [0.4, 0.5) is 4.39 Å². The number of likely N-dealkylation sites (N-methyl/N-ethyl adjacent to an activating group) is 1. The number of ether oxygens (including phenoxy) is 2. The highest BCUT2D eigenvalue weighted by Gasteiger charge is 2.48. The Morgan fingerprint density at radius 2 is 2.18 bits per heavy atom. The summed E-state index contributed by atoms with van der Waals surface area (Å²) in [4.78, 5) is 2.22. The van der Waals surface area contributed by atoms with E-state index in [-0.39, 0.29) is 11.9 Å². The molecule has 4 rings (SSSR count). The molecule has 4 heteroatoms. The van der Waals surface area contributed by atoms with E-state index in [1.54, 1.807) is 6.07 Å². The average Bonchev–Trinajstić information content (AvgIpc) is 2.89. The minimum Gasteiger partial charge on any atom is -0.488 e. The highest BCUT2D eigenvalue weighted by Crippen LogP contribution is 2.51. The zero-order chi connectivity index (χ0) is 15.2. The number of nitrogens with zero attached hydrogens (tertiary/aromatic N) is 1. The quantitative estimate of drug-likeness (QED) is 0.856. The standard InChI is InChI=1S/C18H24FNO2/c1-20-7-3-13-10-16(15(19)9-14(13)11-20)22-12-17-18(4-2-5-18)6-8-21-17/h9-10,17H,2-8,11-12H2,1H3. The van der Waals surface area contributed by atoms with E-state index in [0.29, 0.717) is 17.8 Å². The topological polar surface area (TPSA) is 21.7 Å². The largest absolute Gasteiger partial charge is 0.488 e. The summed E-state index contributed by atoms with van der Waals surface area (Å²) >= 11 is 0. The number of benzene rings is 1. The van der Waals surface area contributed by atoms with Gasteiger partial charge in [-0.3, -0.25) is 0 Å². The molecular weight excluding hydrogens is 281 g/mol. The molecule has 3 nitrogen and oxygen atoms in total. The minimum atomic E-state index is -0.241. The molecule has 0 radical (unpaired) electrons. The summed E-state index contributed by atoms with van der Waals surface area (Å²) in [6, 6.07) is 3.55. The molecule has 1 aliphatic carbocycles. The fraction of sp³-hybridized carbons (Fsp3) is 0.667. The summed E-state index contributed by atoms with van der Waals surface area (Å²) in [6.45, 7) is 3.15. The SMILES string of the molecule is CN1CCc2cc(OCC3OCCC34CCC4)c(F)cc2C1. The summed E-state index contributed by atoms with van der Waals surface area (Å²) < 4.78 is 26.0. The first kappa shape index (κ1) is 14.5. The number of fused-ring (bicyclic) bond motifs is 1. The lowest BCUT2D eigenvalue weighted by atomic mass is 9.64. The van der Waals surface area contributed by atoms with Gasteiger partial charge in [0.25, 0.3) is 0 Å². The van der Waals surface area contributed by atoms with Gasteiger partial charge in [-0.1, -0.05) is 6.42 Å². The molecule has 1 aromatic carbocycles. The number of hydrogen-bond acceptors (Lipinski definition) is 3. The van der Waals surface area contributed by atoms with Crippen LogP contribution in [0.1, 0.15) is 36.8 Å². The minimum absolute atomic E-state index is 0.141. The third-order valence-electron chi connectivity index (χ3n) is 5.80. The lowest BCUT2D eigenvalue weighted by Gasteiger charge is -2.41. The molecule has 1 atom stereocenters. The van der Waals surface area contributed by atoms with Gasteiger partial charge in [0.05, 0.1) is 6.10 Å². The van der Waals surface area contributed by atoms with Crippen molar-refractivity contribution in [2.75, 3.05) is 26.8 Å². The lowest BCUT2D eigenvalue weighted by Crippen LogP contribution is -2.41. The molecule has 3 aliphatic rings. The van der Waals surface area contributed by atoms with Crippen molar-refractivity contribution >= 4 is 0 Å². The molecule has 1 saturated carbocycles. The molecule has 22 heavy (non-hydrogen) atoms. The molecule has 0 bridgehead atoms. The fourth-order valence-electron chi connectivity index (χ4n) is 4.14. The third kappa shape index (κ3) is 2.42. The first-order chi connectivity index (χ1) is 10.7. The van der Waals surface area contributed by atoms with Gasteiger partial charge >= 0.3 is 0 Å². The van der Waals surface area contributed by atoms with E-state index in [4.69, 9.17) is 9.47 Å². The van der Waals surface area contributed by atoms with Crippen molar-refractivity contribution in [1.82, 2.24) is 4.90 Å². The molecule has 2 aliphatic heterocycles. The highest BCUT2D eigenvalue weighted by molar-refractivity contribution is 5.38. The van der Waals surface area contributed by atoms with Crippen molar-refractivity contribution in [3.8, 4) is 5.75 Å². The van der Waals surface area contributed by atoms with Gasteiger partial charge in [0.15, 0.2) is 11.6 Å².